The first-order valence-electron chi connectivity index (χ1n) is 9.30. The van der Waals surface area contributed by atoms with Crippen LogP contribution in [0.5, 0.6) is 0 Å². The number of aromatic amines is 1. The lowest BCUT2D eigenvalue weighted by molar-refractivity contribution is -0.131. The predicted octanol–water partition coefficient (Wildman–Crippen LogP) is 3.00. The summed E-state index contributed by atoms with van der Waals surface area (Å²) in [6.07, 6.45) is 2.30. The van der Waals surface area contributed by atoms with E-state index in [4.69, 9.17) is 0 Å². The number of para-hydroxylation sites is 1. The smallest absolute Gasteiger partial charge is 0.253 e. The Morgan fingerprint density at radius 2 is 1.70 bits per heavy atom. The molecule has 4 rings (SSSR count). The van der Waals surface area contributed by atoms with Gasteiger partial charge in [-0.25, -0.2) is 0 Å². The van der Waals surface area contributed by atoms with Gasteiger partial charge >= 0.3 is 0 Å². The minimum absolute atomic E-state index is 0.0439. The molecule has 1 aromatic heterocycles. The normalized spacial score (nSPS) is 14.6. The standard InChI is InChI=1S/C22H23N3O2/c1-16-5-4-6-17(13-16)22(27)25-11-9-24(10-12-25)21(26)14-18-15-23-20-8-3-2-7-19(18)20/h2-8,13,15,23H,9-12,14H2,1H3. The van der Waals surface area contributed by atoms with E-state index in [9.17, 15) is 9.59 Å². The molecular weight excluding hydrogens is 338 g/mol. The number of aryl methyl sites for hydroxylation is 1. The molecule has 27 heavy (non-hydrogen) atoms. The molecule has 1 aliphatic heterocycles. The molecule has 0 aliphatic carbocycles. The molecule has 0 unspecified atom stereocenters. The maximum atomic E-state index is 12.7. The summed E-state index contributed by atoms with van der Waals surface area (Å²) in [5.74, 6) is 0.157. The number of carbonyl (C=O) groups is 2. The highest BCUT2D eigenvalue weighted by atomic mass is 16.2. The van der Waals surface area contributed by atoms with Crippen molar-refractivity contribution in [1.29, 1.82) is 0 Å². The number of nitrogens with one attached hydrogen (secondary N) is 1. The minimum Gasteiger partial charge on any atom is -0.361 e. The van der Waals surface area contributed by atoms with Crippen LogP contribution in [0.4, 0.5) is 0 Å². The fourth-order valence-corrected chi connectivity index (χ4v) is 3.67. The quantitative estimate of drug-likeness (QED) is 0.780. The van der Waals surface area contributed by atoms with Crippen LogP contribution in [0, 0.1) is 6.92 Å². The van der Waals surface area contributed by atoms with Crippen LogP contribution in [0.2, 0.25) is 0 Å². The molecule has 138 valence electrons. The van der Waals surface area contributed by atoms with Crippen LogP contribution in [0.1, 0.15) is 21.5 Å². The van der Waals surface area contributed by atoms with Gasteiger partial charge in [0.1, 0.15) is 0 Å². The monoisotopic (exact) mass is 361 g/mol. The van der Waals surface area contributed by atoms with Crippen LogP contribution in [0.15, 0.2) is 54.7 Å². The summed E-state index contributed by atoms with van der Waals surface area (Å²) in [6, 6.07) is 15.7. The minimum atomic E-state index is 0.0439. The van der Waals surface area contributed by atoms with Crippen LogP contribution in [0.25, 0.3) is 10.9 Å². The third kappa shape index (κ3) is 3.58. The lowest BCUT2D eigenvalue weighted by Gasteiger charge is -2.35. The van der Waals surface area contributed by atoms with Crippen molar-refractivity contribution < 1.29 is 9.59 Å². The molecule has 2 heterocycles. The number of carbonyl (C=O) groups excluding carboxylic acids is 2. The zero-order valence-electron chi connectivity index (χ0n) is 15.4. The highest BCUT2D eigenvalue weighted by molar-refractivity contribution is 5.94. The van der Waals surface area contributed by atoms with Crippen LogP contribution in [0.3, 0.4) is 0 Å². The highest BCUT2D eigenvalue weighted by Crippen LogP contribution is 2.19. The average Bonchev–Trinajstić information content (AvgIpc) is 3.10. The van der Waals surface area contributed by atoms with Gasteiger partial charge in [0.05, 0.1) is 6.42 Å². The Morgan fingerprint density at radius 3 is 2.48 bits per heavy atom. The SMILES string of the molecule is Cc1cccc(C(=O)N2CCN(C(=O)Cc3c[nH]c4ccccc34)CC2)c1. The van der Waals surface area contributed by atoms with Gasteiger partial charge in [0.25, 0.3) is 5.91 Å². The van der Waals surface area contributed by atoms with Crippen LogP contribution < -0.4 is 0 Å². The lowest BCUT2D eigenvalue weighted by atomic mass is 10.1. The largest absolute Gasteiger partial charge is 0.361 e. The maximum absolute atomic E-state index is 12.7. The molecule has 2 amide bonds. The molecule has 1 aliphatic rings. The van der Waals surface area contributed by atoms with Gasteiger partial charge in [-0.05, 0) is 30.7 Å². The first kappa shape index (κ1) is 17.3. The number of hydrogen-bond donors (Lipinski definition) is 1. The second-order valence-electron chi connectivity index (χ2n) is 7.08. The number of hydrogen-bond acceptors (Lipinski definition) is 2. The number of rotatable bonds is 3. The molecular formula is C22H23N3O2. The van der Waals surface area contributed by atoms with Crippen molar-refractivity contribution in [2.45, 2.75) is 13.3 Å². The van der Waals surface area contributed by atoms with Gasteiger partial charge in [0.2, 0.25) is 5.91 Å². The van der Waals surface area contributed by atoms with Crippen LogP contribution in [-0.2, 0) is 11.2 Å². The fourth-order valence-electron chi connectivity index (χ4n) is 3.67. The summed E-state index contributed by atoms with van der Waals surface area (Å²) in [6.45, 7) is 4.30. The Kier molecular flexibility index (Phi) is 4.67. The molecule has 5 nitrogen and oxygen atoms in total. The third-order valence-electron chi connectivity index (χ3n) is 5.20. The van der Waals surface area contributed by atoms with Gasteiger partial charge in [0, 0.05) is 48.8 Å². The van der Waals surface area contributed by atoms with Crippen molar-refractivity contribution in [2.75, 3.05) is 26.2 Å². The summed E-state index contributed by atoms with van der Waals surface area (Å²) < 4.78 is 0. The second-order valence-corrected chi connectivity index (χ2v) is 7.08. The Morgan fingerprint density at radius 1 is 0.963 bits per heavy atom. The van der Waals surface area contributed by atoms with E-state index in [-0.39, 0.29) is 11.8 Å². The van der Waals surface area contributed by atoms with Crippen molar-refractivity contribution in [3.8, 4) is 0 Å². The first-order valence-corrected chi connectivity index (χ1v) is 9.30. The molecule has 0 saturated carbocycles. The summed E-state index contributed by atoms with van der Waals surface area (Å²) in [5, 5.41) is 1.10. The number of nitrogens with zero attached hydrogens (tertiary/aromatic N) is 2. The number of fused-ring (bicyclic) bond motifs is 1. The molecule has 0 atom stereocenters. The molecule has 5 heteroatoms. The number of benzene rings is 2. The molecule has 0 radical (unpaired) electrons. The van der Waals surface area contributed by atoms with Gasteiger partial charge < -0.3 is 14.8 Å². The molecule has 2 aromatic carbocycles. The van der Waals surface area contributed by atoms with Gasteiger partial charge in [-0.1, -0.05) is 35.9 Å². The molecule has 1 fully saturated rings. The molecule has 0 bridgehead atoms. The molecule has 1 N–H and O–H groups in total. The summed E-state index contributed by atoms with van der Waals surface area (Å²) in [7, 11) is 0. The van der Waals surface area contributed by atoms with Gasteiger partial charge in [-0.2, -0.15) is 0 Å². The third-order valence-corrected chi connectivity index (χ3v) is 5.20. The Labute approximate surface area is 158 Å². The van der Waals surface area contributed by atoms with Crippen molar-refractivity contribution in [1.82, 2.24) is 14.8 Å². The van der Waals surface area contributed by atoms with E-state index < -0.39 is 0 Å². The summed E-state index contributed by atoms with van der Waals surface area (Å²) >= 11 is 0. The number of H-pyrrole nitrogens is 1. The Balaban J connectivity index is 1.37. The van der Waals surface area contributed by atoms with E-state index in [0.29, 0.717) is 38.2 Å². The zero-order chi connectivity index (χ0) is 18.8. The second kappa shape index (κ2) is 7.27. The molecule has 3 aromatic rings. The van der Waals surface area contributed by atoms with Crippen molar-refractivity contribution in [3.05, 3.63) is 71.4 Å². The average molecular weight is 361 g/mol. The number of aromatic nitrogens is 1. The van der Waals surface area contributed by atoms with Crippen molar-refractivity contribution >= 4 is 22.7 Å². The van der Waals surface area contributed by atoms with Crippen LogP contribution >= 0.6 is 0 Å². The first-order chi connectivity index (χ1) is 13.1. The Hall–Kier alpha value is -3.08. The van der Waals surface area contributed by atoms with Crippen molar-refractivity contribution in [2.24, 2.45) is 0 Å². The van der Waals surface area contributed by atoms with Gasteiger partial charge in [-0.15, -0.1) is 0 Å². The zero-order valence-corrected chi connectivity index (χ0v) is 15.4. The van der Waals surface area contributed by atoms with Crippen LogP contribution in [-0.4, -0.2) is 52.8 Å². The topological polar surface area (TPSA) is 56.4 Å². The van der Waals surface area contributed by atoms with E-state index in [1.807, 2.05) is 71.5 Å². The van der Waals surface area contributed by atoms with Gasteiger partial charge in [0.15, 0.2) is 0 Å². The Bertz CT molecular complexity index is 984. The number of amides is 2. The highest BCUT2D eigenvalue weighted by Gasteiger charge is 2.25. The number of piperazine rings is 1. The van der Waals surface area contributed by atoms with Gasteiger partial charge in [-0.3, -0.25) is 9.59 Å². The lowest BCUT2D eigenvalue weighted by Crippen LogP contribution is -2.51. The van der Waals surface area contributed by atoms with E-state index in [0.717, 1.165) is 22.0 Å². The van der Waals surface area contributed by atoms with E-state index in [1.165, 1.54) is 0 Å². The molecule has 1 saturated heterocycles. The van der Waals surface area contributed by atoms with Crippen molar-refractivity contribution in [3.63, 3.8) is 0 Å². The van der Waals surface area contributed by atoms with E-state index >= 15 is 0 Å². The fraction of sp³-hybridized carbons (Fsp3) is 0.273. The maximum Gasteiger partial charge on any atom is 0.253 e. The summed E-state index contributed by atoms with van der Waals surface area (Å²) in [5.41, 5.74) is 3.87. The molecule has 0 spiro atoms. The van der Waals surface area contributed by atoms with E-state index in [1.54, 1.807) is 0 Å². The van der Waals surface area contributed by atoms with E-state index in [2.05, 4.69) is 4.98 Å². The predicted molar refractivity (Wildman–Crippen MR) is 106 cm³/mol. The summed E-state index contributed by atoms with van der Waals surface area (Å²) in [4.78, 5) is 32.3.